The summed E-state index contributed by atoms with van der Waals surface area (Å²) in [6.45, 7) is 0. The van der Waals surface area contributed by atoms with Crippen molar-refractivity contribution < 1.29 is 4.42 Å². The van der Waals surface area contributed by atoms with Gasteiger partial charge in [-0.3, -0.25) is 0 Å². The van der Waals surface area contributed by atoms with Crippen molar-refractivity contribution in [2.24, 2.45) is 0 Å². The van der Waals surface area contributed by atoms with Gasteiger partial charge in [0.25, 0.3) is 0 Å². The maximum Gasteiger partial charge on any atom is 0.181 e. The summed E-state index contributed by atoms with van der Waals surface area (Å²) in [4.78, 5) is 4.94. The van der Waals surface area contributed by atoms with E-state index in [-0.39, 0.29) is 0 Å². The number of oxazole rings is 1. The largest absolute Gasteiger partial charge is 0.444 e. The first-order chi connectivity index (χ1) is 6.81. The van der Waals surface area contributed by atoms with E-state index in [1.807, 2.05) is 24.5 Å². The zero-order chi connectivity index (χ0) is 9.97. The van der Waals surface area contributed by atoms with Crippen LogP contribution in [0.15, 0.2) is 40.1 Å². The van der Waals surface area contributed by atoms with E-state index in [0.29, 0.717) is 0 Å². The van der Waals surface area contributed by atoms with Crippen molar-refractivity contribution in [1.82, 2.24) is 4.98 Å². The molecular formula is C10H10N2OS. The van der Waals surface area contributed by atoms with Crippen LogP contribution < -0.4 is 5.73 Å². The fourth-order valence-electron chi connectivity index (χ4n) is 1.25. The summed E-state index contributed by atoms with van der Waals surface area (Å²) in [5.41, 5.74) is 7.58. The van der Waals surface area contributed by atoms with Gasteiger partial charge in [0.2, 0.25) is 0 Å². The van der Waals surface area contributed by atoms with E-state index in [2.05, 4.69) is 4.98 Å². The highest BCUT2D eigenvalue weighted by molar-refractivity contribution is 7.98. The fraction of sp³-hybridized carbons (Fsp3) is 0.100. The Morgan fingerprint density at radius 1 is 1.43 bits per heavy atom. The fourth-order valence-corrected chi connectivity index (χ4v) is 1.74. The molecule has 0 aliphatic carbocycles. The van der Waals surface area contributed by atoms with Gasteiger partial charge in [0, 0.05) is 16.1 Å². The molecule has 2 N–H and O–H groups in total. The van der Waals surface area contributed by atoms with Crippen LogP contribution in [0.3, 0.4) is 0 Å². The molecule has 2 aromatic rings. The number of hydrogen-bond donors (Lipinski definition) is 1. The molecule has 0 bridgehead atoms. The highest BCUT2D eigenvalue weighted by Crippen LogP contribution is 2.28. The molecule has 1 heterocycles. The lowest BCUT2D eigenvalue weighted by Gasteiger charge is -2.03. The highest BCUT2D eigenvalue weighted by atomic mass is 32.2. The Balaban J connectivity index is 2.43. The van der Waals surface area contributed by atoms with Gasteiger partial charge in [0.05, 0.1) is 6.20 Å². The molecular weight excluding hydrogens is 196 g/mol. The zero-order valence-electron chi connectivity index (χ0n) is 7.73. The van der Waals surface area contributed by atoms with E-state index in [1.54, 1.807) is 18.0 Å². The first kappa shape index (κ1) is 9.15. The predicted molar refractivity (Wildman–Crippen MR) is 58.1 cm³/mol. The van der Waals surface area contributed by atoms with Gasteiger partial charge in [-0.2, -0.15) is 0 Å². The van der Waals surface area contributed by atoms with Gasteiger partial charge in [0.1, 0.15) is 0 Å². The molecule has 2 rings (SSSR count). The topological polar surface area (TPSA) is 52.0 Å². The van der Waals surface area contributed by atoms with Gasteiger partial charge in [-0.25, -0.2) is 4.98 Å². The van der Waals surface area contributed by atoms with Crippen LogP contribution in [-0.4, -0.2) is 11.2 Å². The maximum absolute atomic E-state index is 5.86. The molecule has 0 saturated heterocycles. The summed E-state index contributed by atoms with van der Waals surface area (Å²) in [6, 6.07) is 5.85. The summed E-state index contributed by atoms with van der Waals surface area (Å²) in [6.07, 6.45) is 5.08. The number of hydrogen-bond acceptors (Lipinski definition) is 4. The van der Waals surface area contributed by atoms with Crippen molar-refractivity contribution in [2.75, 3.05) is 12.0 Å². The summed E-state index contributed by atoms with van der Waals surface area (Å²) in [7, 11) is 0. The number of aromatic nitrogens is 1. The Hall–Kier alpha value is -1.42. The average molecular weight is 206 g/mol. The Kier molecular flexibility index (Phi) is 2.45. The number of nitrogens with zero attached hydrogens (tertiary/aromatic N) is 1. The summed E-state index contributed by atoms with van der Waals surface area (Å²) >= 11 is 1.63. The van der Waals surface area contributed by atoms with Crippen molar-refractivity contribution in [3.63, 3.8) is 0 Å². The minimum atomic E-state index is 0.740. The van der Waals surface area contributed by atoms with Crippen molar-refractivity contribution >= 4 is 17.4 Å². The van der Waals surface area contributed by atoms with Crippen molar-refractivity contribution in [3.05, 3.63) is 30.8 Å². The van der Waals surface area contributed by atoms with Gasteiger partial charge in [-0.05, 0) is 24.5 Å². The van der Waals surface area contributed by atoms with E-state index in [9.17, 15) is 0 Å². The van der Waals surface area contributed by atoms with Crippen LogP contribution in [0.1, 0.15) is 0 Å². The Labute approximate surface area is 86.3 Å². The van der Waals surface area contributed by atoms with Gasteiger partial charge in [0.15, 0.2) is 12.2 Å². The van der Waals surface area contributed by atoms with Crippen molar-refractivity contribution in [1.29, 1.82) is 0 Å². The van der Waals surface area contributed by atoms with Gasteiger partial charge in [-0.1, -0.05) is 0 Å². The number of thioether (sulfide) groups is 1. The third-order valence-corrected chi connectivity index (χ3v) is 2.76. The van der Waals surface area contributed by atoms with Crippen LogP contribution >= 0.6 is 11.8 Å². The molecule has 1 aromatic carbocycles. The maximum atomic E-state index is 5.86. The van der Waals surface area contributed by atoms with Crippen LogP contribution in [0.2, 0.25) is 0 Å². The van der Waals surface area contributed by atoms with Crippen LogP contribution in [0.5, 0.6) is 0 Å². The smallest absolute Gasteiger partial charge is 0.181 e. The third-order valence-electron chi connectivity index (χ3n) is 1.95. The number of nitrogen functional groups attached to an aromatic ring is 1. The average Bonchev–Trinajstić information content (AvgIpc) is 2.70. The van der Waals surface area contributed by atoms with E-state index < -0.39 is 0 Å². The van der Waals surface area contributed by atoms with Gasteiger partial charge < -0.3 is 10.2 Å². The normalized spacial score (nSPS) is 10.4. The third kappa shape index (κ3) is 1.61. The van der Waals surface area contributed by atoms with E-state index >= 15 is 0 Å². The van der Waals surface area contributed by atoms with Crippen LogP contribution in [-0.2, 0) is 0 Å². The van der Waals surface area contributed by atoms with Gasteiger partial charge >= 0.3 is 0 Å². The van der Waals surface area contributed by atoms with Crippen molar-refractivity contribution in [2.45, 2.75) is 4.90 Å². The second-order valence-corrected chi connectivity index (χ2v) is 3.67. The molecule has 1 aromatic heterocycles. The first-order valence-corrected chi connectivity index (χ1v) is 5.36. The molecule has 14 heavy (non-hydrogen) atoms. The quantitative estimate of drug-likeness (QED) is 0.606. The summed E-state index contributed by atoms with van der Waals surface area (Å²) in [5.74, 6) is 0.740. The summed E-state index contributed by atoms with van der Waals surface area (Å²) < 4.78 is 5.17. The first-order valence-electron chi connectivity index (χ1n) is 4.13. The Bertz CT molecular complexity index is 426. The van der Waals surface area contributed by atoms with Gasteiger partial charge in [-0.15, -0.1) is 11.8 Å². The number of anilines is 1. The van der Waals surface area contributed by atoms with E-state index in [1.165, 1.54) is 6.39 Å². The highest BCUT2D eigenvalue weighted by Gasteiger charge is 2.04. The minimum absolute atomic E-state index is 0.740. The van der Waals surface area contributed by atoms with Crippen LogP contribution in [0.4, 0.5) is 5.69 Å². The number of benzene rings is 1. The molecule has 0 unspecified atom stereocenters. The second kappa shape index (κ2) is 3.75. The minimum Gasteiger partial charge on any atom is -0.444 e. The SMILES string of the molecule is CSc1ccc(-c2cnco2)cc1N. The Morgan fingerprint density at radius 3 is 2.86 bits per heavy atom. The number of rotatable bonds is 2. The molecule has 0 fully saturated rings. The molecule has 0 atom stereocenters. The second-order valence-electron chi connectivity index (χ2n) is 2.82. The van der Waals surface area contributed by atoms with E-state index in [4.69, 9.17) is 10.2 Å². The molecule has 72 valence electrons. The number of nitrogens with two attached hydrogens (primary N) is 1. The van der Waals surface area contributed by atoms with Crippen molar-refractivity contribution in [3.8, 4) is 11.3 Å². The molecule has 4 heteroatoms. The van der Waals surface area contributed by atoms with Crippen LogP contribution in [0.25, 0.3) is 11.3 Å². The lowest BCUT2D eigenvalue weighted by atomic mass is 10.1. The lowest BCUT2D eigenvalue weighted by Crippen LogP contribution is -1.88. The molecule has 0 amide bonds. The predicted octanol–water partition coefficient (Wildman–Crippen LogP) is 2.65. The Morgan fingerprint density at radius 2 is 2.29 bits per heavy atom. The molecule has 0 spiro atoms. The molecule has 0 aliphatic heterocycles. The molecule has 0 aliphatic rings. The lowest BCUT2D eigenvalue weighted by molar-refractivity contribution is 0.572. The zero-order valence-corrected chi connectivity index (χ0v) is 8.54. The monoisotopic (exact) mass is 206 g/mol. The van der Waals surface area contributed by atoms with Crippen LogP contribution in [0, 0.1) is 0 Å². The summed E-state index contributed by atoms with van der Waals surface area (Å²) in [5, 5.41) is 0. The molecule has 0 saturated carbocycles. The molecule has 0 radical (unpaired) electrons. The molecule has 3 nitrogen and oxygen atoms in total. The standard InChI is InChI=1S/C10H10N2OS/c1-14-10-3-2-7(4-8(10)11)9-5-12-6-13-9/h2-6H,11H2,1H3. The van der Waals surface area contributed by atoms with E-state index in [0.717, 1.165) is 21.9 Å².